The van der Waals surface area contributed by atoms with Crippen molar-refractivity contribution in [3.63, 3.8) is 0 Å². The molecule has 1 aromatic rings. The van der Waals surface area contributed by atoms with E-state index in [1.165, 1.54) is 63.4 Å². The van der Waals surface area contributed by atoms with E-state index in [-0.39, 0.29) is 0 Å². The van der Waals surface area contributed by atoms with E-state index in [4.69, 9.17) is 0 Å². The van der Waals surface area contributed by atoms with Crippen molar-refractivity contribution in [3.05, 3.63) is 35.4 Å². The third-order valence-corrected chi connectivity index (χ3v) is 10.6. The van der Waals surface area contributed by atoms with Gasteiger partial charge in [-0.25, -0.2) is 0 Å². The largest absolute Gasteiger partial charge is 0.0591 e. The molecule has 0 aliphatic heterocycles. The molecule has 4 saturated carbocycles. The second kappa shape index (κ2) is 6.88. The van der Waals surface area contributed by atoms with Crippen LogP contribution in [0.3, 0.4) is 0 Å². The quantitative estimate of drug-likeness (QED) is 0.485. The lowest BCUT2D eigenvalue weighted by Gasteiger charge is -2.60. The van der Waals surface area contributed by atoms with Gasteiger partial charge in [-0.15, -0.1) is 0 Å². The normalized spacial score (nSPS) is 45.4. The first kappa shape index (κ1) is 19.2. The summed E-state index contributed by atoms with van der Waals surface area (Å²) in [5.41, 5.74) is 4.37. The Morgan fingerprint density at radius 1 is 0.750 bits per heavy atom. The molecular weight excluding hydrogens is 336 g/mol. The van der Waals surface area contributed by atoms with E-state index >= 15 is 0 Å². The Morgan fingerprint density at radius 2 is 1.50 bits per heavy atom. The highest BCUT2D eigenvalue weighted by atomic mass is 14.6. The molecule has 0 heteroatoms. The predicted molar refractivity (Wildman–Crippen MR) is 120 cm³/mol. The van der Waals surface area contributed by atoms with Gasteiger partial charge in [-0.1, -0.05) is 64.8 Å². The second-order valence-corrected chi connectivity index (χ2v) is 11.9. The fraction of sp³-hybridized carbons (Fsp3) is 0.786. The van der Waals surface area contributed by atoms with Crippen molar-refractivity contribution in [2.24, 2.45) is 34.5 Å². The molecule has 5 rings (SSSR count). The summed E-state index contributed by atoms with van der Waals surface area (Å²) in [5, 5.41) is 0. The van der Waals surface area contributed by atoms with Crippen LogP contribution < -0.4 is 0 Å². The summed E-state index contributed by atoms with van der Waals surface area (Å²) in [4.78, 5) is 0. The topological polar surface area (TPSA) is 0 Å². The minimum atomic E-state index is 0.554. The van der Waals surface area contributed by atoms with Gasteiger partial charge in [0.15, 0.2) is 0 Å². The van der Waals surface area contributed by atoms with Gasteiger partial charge in [0.05, 0.1) is 0 Å². The van der Waals surface area contributed by atoms with Crippen molar-refractivity contribution in [1.82, 2.24) is 0 Å². The molecule has 154 valence electrons. The van der Waals surface area contributed by atoms with Crippen molar-refractivity contribution in [3.8, 4) is 0 Å². The summed E-state index contributed by atoms with van der Waals surface area (Å²) < 4.78 is 0. The predicted octanol–water partition coefficient (Wildman–Crippen LogP) is 8.33. The van der Waals surface area contributed by atoms with E-state index in [1.54, 1.807) is 12.0 Å². The summed E-state index contributed by atoms with van der Waals surface area (Å²) in [5.74, 6) is 5.54. The molecule has 7 atom stereocenters. The minimum Gasteiger partial charge on any atom is -0.0591 e. The van der Waals surface area contributed by atoms with Crippen LogP contribution in [0.4, 0.5) is 0 Å². The highest BCUT2D eigenvalue weighted by Crippen LogP contribution is 2.68. The standard InChI is InChI=1S/C28H42/c1-19(2)20-8-10-21(11-9-20)24-14-15-25-23-13-12-22-7-5-6-17-27(22,3)26(23)16-18-28(24,25)4/h8-11,19,22-26H,5-7,12-18H2,1-4H3. The average molecular weight is 379 g/mol. The molecule has 4 aliphatic carbocycles. The summed E-state index contributed by atoms with van der Waals surface area (Å²) in [6, 6.07) is 9.80. The Labute approximate surface area is 173 Å². The summed E-state index contributed by atoms with van der Waals surface area (Å²) in [7, 11) is 0. The lowest BCUT2D eigenvalue weighted by Crippen LogP contribution is -2.52. The van der Waals surface area contributed by atoms with E-state index in [0.717, 1.165) is 29.6 Å². The van der Waals surface area contributed by atoms with E-state index in [0.29, 0.717) is 16.7 Å². The van der Waals surface area contributed by atoms with Crippen LogP contribution in [0, 0.1) is 34.5 Å². The zero-order valence-corrected chi connectivity index (χ0v) is 18.8. The van der Waals surface area contributed by atoms with Gasteiger partial charge in [0.2, 0.25) is 0 Å². The molecular formula is C28H42. The van der Waals surface area contributed by atoms with E-state index in [1.807, 2.05) is 0 Å². The van der Waals surface area contributed by atoms with Crippen molar-refractivity contribution in [1.29, 1.82) is 0 Å². The van der Waals surface area contributed by atoms with Gasteiger partial charge >= 0.3 is 0 Å². The fourth-order valence-corrected chi connectivity index (χ4v) is 8.96. The number of fused-ring (bicyclic) bond motifs is 5. The summed E-state index contributed by atoms with van der Waals surface area (Å²) >= 11 is 0. The molecule has 0 bridgehead atoms. The molecule has 0 saturated heterocycles. The average Bonchev–Trinajstić information content (AvgIpc) is 3.05. The van der Waals surface area contributed by atoms with Gasteiger partial charge in [-0.05, 0) is 109 Å². The van der Waals surface area contributed by atoms with Crippen LogP contribution in [-0.4, -0.2) is 0 Å². The molecule has 28 heavy (non-hydrogen) atoms. The van der Waals surface area contributed by atoms with Crippen LogP contribution in [0.1, 0.15) is 115 Å². The van der Waals surface area contributed by atoms with Crippen molar-refractivity contribution >= 4 is 0 Å². The highest BCUT2D eigenvalue weighted by Gasteiger charge is 2.59. The van der Waals surface area contributed by atoms with E-state index in [2.05, 4.69) is 52.0 Å². The first-order valence-corrected chi connectivity index (χ1v) is 12.5. The minimum absolute atomic E-state index is 0.554. The lowest BCUT2D eigenvalue weighted by molar-refractivity contribution is -0.105. The number of rotatable bonds is 2. The van der Waals surface area contributed by atoms with Gasteiger partial charge in [0.1, 0.15) is 0 Å². The van der Waals surface area contributed by atoms with E-state index < -0.39 is 0 Å². The highest BCUT2D eigenvalue weighted by molar-refractivity contribution is 5.30. The Kier molecular flexibility index (Phi) is 4.72. The van der Waals surface area contributed by atoms with Gasteiger partial charge in [-0.3, -0.25) is 0 Å². The maximum absolute atomic E-state index is 2.72. The van der Waals surface area contributed by atoms with Gasteiger partial charge < -0.3 is 0 Å². The van der Waals surface area contributed by atoms with Gasteiger partial charge in [0, 0.05) is 0 Å². The van der Waals surface area contributed by atoms with Gasteiger partial charge in [0.25, 0.3) is 0 Å². The number of hydrogen-bond acceptors (Lipinski definition) is 0. The van der Waals surface area contributed by atoms with Crippen LogP contribution in [0.5, 0.6) is 0 Å². The first-order valence-electron chi connectivity index (χ1n) is 12.5. The van der Waals surface area contributed by atoms with Crippen LogP contribution >= 0.6 is 0 Å². The smallest absolute Gasteiger partial charge is 0.0105 e. The van der Waals surface area contributed by atoms with Gasteiger partial charge in [-0.2, -0.15) is 0 Å². The number of benzene rings is 1. The zero-order chi connectivity index (χ0) is 19.5. The molecule has 4 fully saturated rings. The molecule has 0 nitrogen and oxygen atoms in total. The van der Waals surface area contributed by atoms with Crippen molar-refractivity contribution in [2.45, 2.75) is 104 Å². The molecule has 0 radical (unpaired) electrons. The summed E-state index contributed by atoms with van der Waals surface area (Å²) in [6.45, 7) is 10.0. The SMILES string of the molecule is CC(C)c1ccc(C2CCC3C4CCC5CCCCC5(C)C4CCC23C)cc1. The zero-order valence-electron chi connectivity index (χ0n) is 18.8. The molecule has 1 aromatic carbocycles. The Morgan fingerprint density at radius 3 is 2.25 bits per heavy atom. The molecule has 7 unspecified atom stereocenters. The Hall–Kier alpha value is -0.780. The maximum atomic E-state index is 2.72. The Balaban J connectivity index is 1.41. The van der Waals surface area contributed by atoms with Crippen LogP contribution in [0.25, 0.3) is 0 Å². The third kappa shape index (κ3) is 2.76. The fourth-order valence-electron chi connectivity index (χ4n) is 8.96. The third-order valence-electron chi connectivity index (χ3n) is 10.6. The monoisotopic (exact) mass is 378 g/mol. The van der Waals surface area contributed by atoms with Crippen LogP contribution in [0.2, 0.25) is 0 Å². The van der Waals surface area contributed by atoms with Crippen LogP contribution in [0.15, 0.2) is 24.3 Å². The summed E-state index contributed by atoms with van der Waals surface area (Å²) in [6.07, 6.45) is 15.1. The van der Waals surface area contributed by atoms with E-state index in [9.17, 15) is 0 Å². The van der Waals surface area contributed by atoms with Crippen molar-refractivity contribution < 1.29 is 0 Å². The first-order chi connectivity index (χ1) is 13.4. The molecule has 4 aliphatic rings. The van der Waals surface area contributed by atoms with Crippen molar-refractivity contribution in [2.75, 3.05) is 0 Å². The molecule has 0 amide bonds. The lowest BCUT2D eigenvalue weighted by atomic mass is 9.44. The molecule has 0 N–H and O–H groups in total. The molecule has 0 spiro atoms. The second-order valence-electron chi connectivity index (χ2n) is 11.9. The molecule has 0 heterocycles. The van der Waals surface area contributed by atoms with Crippen LogP contribution in [-0.2, 0) is 0 Å². The maximum Gasteiger partial charge on any atom is -0.0105 e. The molecule has 0 aromatic heterocycles. The Bertz CT molecular complexity index is 699. The number of hydrogen-bond donors (Lipinski definition) is 0.